The minimum absolute atomic E-state index is 0.149. The molecule has 0 saturated heterocycles. The van der Waals surface area contributed by atoms with Gasteiger partial charge in [0.15, 0.2) is 5.78 Å². The smallest absolute Gasteiger partial charge is 0.175 e. The summed E-state index contributed by atoms with van der Waals surface area (Å²) in [5.74, 6) is -0.149. The zero-order valence-electron chi connectivity index (χ0n) is 9.84. The molecular weight excluding hydrogens is 212 g/mol. The van der Waals surface area contributed by atoms with Gasteiger partial charge >= 0.3 is 0 Å². The van der Waals surface area contributed by atoms with E-state index in [9.17, 15) is 9.90 Å². The number of benzene rings is 1. The van der Waals surface area contributed by atoms with E-state index in [0.717, 1.165) is 0 Å². The number of aliphatic hydroxyl groups is 1. The van der Waals surface area contributed by atoms with Crippen molar-refractivity contribution >= 4 is 5.78 Å². The Balaban J connectivity index is 2.21. The highest BCUT2D eigenvalue weighted by molar-refractivity contribution is 5.91. The fourth-order valence-corrected chi connectivity index (χ4v) is 2.01. The minimum Gasteiger partial charge on any atom is -0.381 e. The molecule has 0 radical (unpaired) electrons. The quantitative estimate of drug-likeness (QED) is 0.863. The normalized spacial score (nSPS) is 24.6. The number of allylic oxidation sites excluding steroid dienone is 4. The number of ketones is 1. The predicted molar refractivity (Wildman–Crippen MR) is 67.4 cm³/mol. The van der Waals surface area contributed by atoms with Crippen molar-refractivity contribution in [2.45, 2.75) is 19.4 Å². The van der Waals surface area contributed by atoms with Gasteiger partial charge in [0, 0.05) is 0 Å². The van der Waals surface area contributed by atoms with E-state index in [2.05, 4.69) is 0 Å². The van der Waals surface area contributed by atoms with E-state index in [-0.39, 0.29) is 5.78 Å². The van der Waals surface area contributed by atoms with Crippen molar-refractivity contribution in [3.63, 3.8) is 0 Å². The van der Waals surface area contributed by atoms with Crippen molar-refractivity contribution in [2.24, 2.45) is 5.41 Å². The molecule has 1 aliphatic carbocycles. The zero-order valence-corrected chi connectivity index (χ0v) is 9.84. The van der Waals surface area contributed by atoms with Crippen LogP contribution < -0.4 is 0 Å². The molecule has 2 heteroatoms. The Morgan fingerprint density at radius 3 is 2.59 bits per heavy atom. The Hall–Kier alpha value is -1.67. The van der Waals surface area contributed by atoms with Crippen LogP contribution in [-0.2, 0) is 4.79 Å². The van der Waals surface area contributed by atoms with Crippen LogP contribution in [0.4, 0.5) is 0 Å². The molecular formula is C15H16O2. The van der Waals surface area contributed by atoms with Crippen molar-refractivity contribution in [3.8, 4) is 0 Å². The Labute approximate surface area is 101 Å². The van der Waals surface area contributed by atoms with Crippen molar-refractivity contribution in [2.75, 3.05) is 0 Å². The van der Waals surface area contributed by atoms with E-state index in [1.54, 1.807) is 12.1 Å². The highest BCUT2D eigenvalue weighted by atomic mass is 16.3. The molecule has 88 valence electrons. The maximum atomic E-state index is 12.3. The van der Waals surface area contributed by atoms with Gasteiger partial charge < -0.3 is 5.11 Å². The summed E-state index contributed by atoms with van der Waals surface area (Å²) in [6, 6.07) is 9.06. The maximum Gasteiger partial charge on any atom is 0.175 e. The summed E-state index contributed by atoms with van der Waals surface area (Å²) >= 11 is 0. The highest BCUT2D eigenvalue weighted by Gasteiger charge is 2.35. The van der Waals surface area contributed by atoms with E-state index >= 15 is 0 Å². The molecule has 0 aliphatic heterocycles. The van der Waals surface area contributed by atoms with Crippen LogP contribution in [0.25, 0.3) is 0 Å². The van der Waals surface area contributed by atoms with Crippen LogP contribution in [0, 0.1) is 5.41 Å². The highest BCUT2D eigenvalue weighted by Crippen LogP contribution is 2.33. The van der Waals surface area contributed by atoms with E-state index in [1.165, 1.54) is 0 Å². The SMILES string of the molecule is CC1(C(=O)C(O)c2ccccc2)C=CC=CC1. The van der Waals surface area contributed by atoms with Crippen LogP contribution in [0.2, 0.25) is 0 Å². The number of rotatable bonds is 3. The summed E-state index contributed by atoms with van der Waals surface area (Å²) in [5.41, 5.74) is 0.0611. The van der Waals surface area contributed by atoms with Crippen LogP contribution in [0.3, 0.4) is 0 Å². The average Bonchev–Trinajstić information content (AvgIpc) is 2.39. The Morgan fingerprint density at radius 2 is 2.00 bits per heavy atom. The van der Waals surface area contributed by atoms with Crippen LogP contribution in [0.1, 0.15) is 25.0 Å². The van der Waals surface area contributed by atoms with Gasteiger partial charge in [-0.3, -0.25) is 4.79 Å². The molecule has 2 unspecified atom stereocenters. The van der Waals surface area contributed by atoms with Gasteiger partial charge in [0.1, 0.15) is 6.10 Å². The number of Topliss-reactive ketones (excluding diaryl/α,β-unsaturated/α-hetero) is 1. The first-order valence-electron chi connectivity index (χ1n) is 5.75. The molecule has 0 saturated carbocycles. The van der Waals surface area contributed by atoms with Crippen LogP contribution in [0.5, 0.6) is 0 Å². The molecule has 1 N–H and O–H groups in total. The second-order valence-electron chi connectivity index (χ2n) is 4.59. The third-order valence-electron chi connectivity index (χ3n) is 3.18. The lowest BCUT2D eigenvalue weighted by Gasteiger charge is -2.27. The molecule has 0 spiro atoms. The summed E-state index contributed by atoms with van der Waals surface area (Å²) in [7, 11) is 0. The molecule has 0 amide bonds. The zero-order chi connectivity index (χ0) is 12.3. The molecule has 2 rings (SSSR count). The first kappa shape index (κ1) is 11.8. The standard InChI is InChI=1S/C15H16O2/c1-15(10-6-3-7-11-15)14(17)13(16)12-8-4-2-5-9-12/h2-10,13,16H,11H2,1H3. The summed E-state index contributed by atoms with van der Waals surface area (Å²) in [5, 5.41) is 10.1. The lowest BCUT2D eigenvalue weighted by molar-refractivity contribution is -0.134. The van der Waals surface area contributed by atoms with Gasteiger partial charge in [-0.25, -0.2) is 0 Å². The van der Waals surface area contributed by atoms with E-state index in [1.807, 2.05) is 49.4 Å². The molecule has 0 heterocycles. The summed E-state index contributed by atoms with van der Waals surface area (Å²) in [6.07, 6.45) is 7.20. The molecule has 17 heavy (non-hydrogen) atoms. The van der Waals surface area contributed by atoms with E-state index in [4.69, 9.17) is 0 Å². The van der Waals surface area contributed by atoms with Gasteiger partial charge in [0.05, 0.1) is 5.41 Å². The largest absolute Gasteiger partial charge is 0.381 e. The molecule has 0 fully saturated rings. The van der Waals surface area contributed by atoms with Crippen LogP contribution in [0.15, 0.2) is 54.6 Å². The molecule has 2 atom stereocenters. The molecule has 1 aliphatic rings. The van der Waals surface area contributed by atoms with Crippen LogP contribution >= 0.6 is 0 Å². The Kier molecular flexibility index (Phi) is 3.25. The van der Waals surface area contributed by atoms with E-state index in [0.29, 0.717) is 12.0 Å². The monoisotopic (exact) mass is 228 g/mol. The molecule has 1 aromatic carbocycles. The first-order chi connectivity index (χ1) is 8.13. The van der Waals surface area contributed by atoms with Crippen molar-refractivity contribution in [1.29, 1.82) is 0 Å². The van der Waals surface area contributed by atoms with Gasteiger partial charge in [0.2, 0.25) is 0 Å². The topological polar surface area (TPSA) is 37.3 Å². The van der Waals surface area contributed by atoms with Gasteiger partial charge in [-0.05, 0) is 18.9 Å². The molecule has 1 aromatic rings. The minimum atomic E-state index is -1.04. The number of hydrogen-bond donors (Lipinski definition) is 1. The van der Waals surface area contributed by atoms with Gasteiger partial charge in [0.25, 0.3) is 0 Å². The number of carbonyl (C=O) groups is 1. The predicted octanol–water partition coefficient (Wildman–Crippen LogP) is 2.81. The van der Waals surface area contributed by atoms with Crippen LogP contribution in [-0.4, -0.2) is 10.9 Å². The van der Waals surface area contributed by atoms with Gasteiger partial charge in [-0.15, -0.1) is 0 Å². The van der Waals surface area contributed by atoms with Crippen molar-refractivity contribution in [3.05, 3.63) is 60.2 Å². The number of hydrogen-bond acceptors (Lipinski definition) is 2. The van der Waals surface area contributed by atoms with E-state index < -0.39 is 11.5 Å². The Bertz CT molecular complexity index is 459. The fourth-order valence-electron chi connectivity index (χ4n) is 2.01. The lowest BCUT2D eigenvalue weighted by Crippen LogP contribution is -2.31. The number of carbonyl (C=O) groups excluding carboxylic acids is 1. The third kappa shape index (κ3) is 2.37. The average molecular weight is 228 g/mol. The Morgan fingerprint density at radius 1 is 1.29 bits per heavy atom. The lowest BCUT2D eigenvalue weighted by atomic mass is 9.76. The third-order valence-corrected chi connectivity index (χ3v) is 3.18. The maximum absolute atomic E-state index is 12.3. The second-order valence-corrected chi connectivity index (χ2v) is 4.59. The summed E-state index contributed by atoms with van der Waals surface area (Å²) in [6.45, 7) is 1.86. The summed E-state index contributed by atoms with van der Waals surface area (Å²) < 4.78 is 0. The molecule has 0 bridgehead atoms. The number of aliphatic hydroxyl groups excluding tert-OH is 1. The molecule has 2 nitrogen and oxygen atoms in total. The van der Waals surface area contributed by atoms with Gasteiger partial charge in [-0.2, -0.15) is 0 Å². The second kappa shape index (κ2) is 4.68. The first-order valence-corrected chi connectivity index (χ1v) is 5.75. The van der Waals surface area contributed by atoms with Gasteiger partial charge in [-0.1, -0.05) is 54.6 Å². The fraction of sp³-hybridized carbons (Fsp3) is 0.267. The summed E-state index contributed by atoms with van der Waals surface area (Å²) in [4.78, 5) is 12.3. The molecule has 0 aromatic heterocycles. The van der Waals surface area contributed by atoms with Crippen molar-refractivity contribution in [1.82, 2.24) is 0 Å². The van der Waals surface area contributed by atoms with Crippen molar-refractivity contribution < 1.29 is 9.90 Å².